The number of rotatable bonds is 4. The molecule has 1 aliphatic carbocycles. The van der Waals surface area contributed by atoms with Gasteiger partial charge in [0.1, 0.15) is 0 Å². The van der Waals surface area contributed by atoms with Crippen LogP contribution in [0.25, 0.3) is 11.0 Å². The van der Waals surface area contributed by atoms with Gasteiger partial charge in [-0.25, -0.2) is 9.78 Å². The van der Waals surface area contributed by atoms with Gasteiger partial charge in [0, 0.05) is 11.7 Å². The van der Waals surface area contributed by atoms with E-state index in [0.29, 0.717) is 23.1 Å². The van der Waals surface area contributed by atoms with Crippen molar-refractivity contribution in [1.29, 1.82) is 0 Å². The number of aromatic nitrogens is 2. The summed E-state index contributed by atoms with van der Waals surface area (Å²) >= 11 is 0. The van der Waals surface area contributed by atoms with Crippen LogP contribution in [0.2, 0.25) is 0 Å². The molecule has 1 aromatic heterocycles. The first kappa shape index (κ1) is 22.2. The molecule has 0 unspecified atom stereocenters. The molecule has 3 aromatic rings. The van der Waals surface area contributed by atoms with Gasteiger partial charge in [0.2, 0.25) is 5.95 Å². The maximum atomic E-state index is 12.9. The molecule has 4 rings (SSSR count). The van der Waals surface area contributed by atoms with Crippen LogP contribution in [0.15, 0.2) is 42.5 Å². The van der Waals surface area contributed by atoms with Crippen LogP contribution in [0.4, 0.5) is 24.8 Å². The summed E-state index contributed by atoms with van der Waals surface area (Å²) in [5.74, 6) is -0.0401. The first-order chi connectivity index (χ1) is 14.9. The van der Waals surface area contributed by atoms with Crippen molar-refractivity contribution in [2.45, 2.75) is 52.3 Å². The highest BCUT2D eigenvalue weighted by Crippen LogP contribution is 2.46. The molecule has 8 heteroatoms. The lowest BCUT2D eigenvalue weighted by Gasteiger charge is -2.40. The maximum Gasteiger partial charge on any atom is 0.416 e. The van der Waals surface area contributed by atoms with Gasteiger partial charge < -0.3 is 15.0 Å². The Morgan fingerprint density at radius 3 is 2.44 bits per heavy atom. The summed E-state index contributed by atoms with van der Waals surface area (Å²) in [6.07, 6.45) is -1.42. The zero-order chi connectivity index (χ0) is 23.3. The topological polar surface area (TPSA) is 67.2 Å². The Morgan fingerprint density at radius 1 is 1.16 bits per heavy atom. The lowest BCUT2D eigenvalue weighted by atomic mass is 9.70. The minimum absolute atomic E-state index is 0.131. The molecule has 32 heavy (non-hydrogen) atoms. The van der Waals surface area contributed by atoms with Crippen molar-refractivity contribution in [3.8, 4) is 0 Å². The first-order valence-corrected chi connectivity index (χ1v) is 10.6. The summed E-state index contributed by atoms with van der Waals surface area (Å²) in [5.41, 5.74) is 1.38. The number of hydrogen-bond acceptors (Lipinski definition) is 3. The average molecular weight is 445 g/mol. The highest BCUT2D eigenvalue weighted by atomic mass is 19.4. The fourth-order valence-electron chi connectivity index (χ4n) is 5.05. The Balaban J connectivity index is 1.78. The van der Waals surface area contributed by atoms with Crippen LogP contribution in [0.5, 0.6) is 0 Å². The fourth-order valence-corrected chi connectivity index (χ4v) is 5.05. The van der Waals surface area contributed by atoms with Crippen LogP contribution in [0, 0.1) is 11.3 Å². The molecule has 170 valence electrons. The monoisotopic (exact) mass is 445 g/mol. The van der Waals surface area contributed by atoms with Crippen molar-refractivity contribution < 1.29 is 23.1 Å². The van der Waals surface area contributed by atoms with E-state index in [9.17, 15) is 23.1 Å². The molecule has 2 N–H and O–H groups in total. The first-order valence-electron chi connectivity index (χ1n) is 10.6. The quantitative estimate of drug-likeness (QED) is 0.459. The number of carboxylic acid groups (broad SMARTS) is 1. The normalized spacial score (nSPS) is 20.9. The second-order valence-electron chi connectivity index (χ2n) is 9.58. The van der Waals surface area contributed by atoms with E-state index in [4.69, 9.17) is 0 Å². The third-order valence-corrected chi connectivity index (χ3v) is 6.13. The fraction of sp³-hybridized carbons (Fsp3) is 0.417. The predicted molar refractivity (Wildman–Crippen MR) is 117 cm³/mol. The molecule has 5 nitrogen and oxygen atoms in total. The molecule has 0 amide bonds. The van der Waals surface area contributed by atoms with Crippen molar-refractivity contribution in [1.82, 2.24) is 9.55 Å². The van der Waals surface area contributed by atoms with Crippen LogP contribution < -0.4 is 5.32 Å². The highest BCUT2D eigenvalue weighted by Gasteiger charge is 2.35. The molecule has 1 aliphatic rings. The number of carboxylic acids is 1. The van der Waals surface area contributed by atoms with Crippen LogP contribution in [-0.2, 0) is 6.18 Å². The van der Waals surface area contributed by atoms with Crippen molar-refractivity contribution in [3.05, 3.63) is 53.6 Å². The number of nitrogens with one attached hydrogen (secondary N) is 1. The van der Waals surface area contributed by atoms with Crippen molar-refractivity contribution in [3.63, 3.8) is 0 Å². The van der Waals surface area contributed by atoms with E-state index in [-0.39, 0.29) is 17.0 Å². The van der Waals surface area contributed by atoms with Crippen molar-refractivity contribution in [2.75, 3.05) is 5.32 Å². The smallest absolute Gasteiger partial charge is 0.416 e. The molecule has 1 saturated carbocycles. The van der Waals surface area contributed by atoms with Gasteiger partial charge in [-0.05, 0) is 73.1 Å². The molecule has 0 aliphatic heterocycles. The summed E-state index contributed by atoms with van der Waals surface area (Å²) in [6.45, 7) is 6.69. The van der Waals surface area contributed by atoms with Gasteiger partial charge in [0.05, 0.1) is 22.2 Å². The van der Waals surface area contributed by atoms with Crippen LogP contribution in [0.1, 0.15) is 62.0 Å². The molecule has 1 fully saturated rings. The Kier molecular flexibility index (Phi) is 5.43. The van der Waals surface area contributed by atoms with Gasteiger partial charge in [-0.15, -0.1) is 0 Å². The van der Waals surface area contributed by atoms with Gasteiger partial charge >= 0.3 is 12.1 Å². The molecular formula is C24H26F3N3O2. The summed E-state index contributed by atoms with van der Waals surface area (Å²) in [6, 6.07) is 9.80. The third-order valence-electron chi connectivity index (χ3n) is 6.13. The van der Waals surface area contributed by atoms with Gasteiger partial charge in [-0.3, -0.25) is 0 Å². The zero-order valence-corrected chi connectivity index (χ0v) is 18.2. The third kappa shape index (κ3) is 4.45. The number of benzene rings is 2. The molecule has 2 aromatic carbocycles. The lowest BCUT2D eigenvalue weighted by Crippen LogP contribution is -2.29. The summed E-state index contributed by atoms with van der Waals surface area (Å²) in [5, 5.41) is 12.5. The number of anilines is 2. The van der Waals surface area contributed by atoms with Crippen LogP contribution >= 0.6 is 0 Å². The second kappa shape index (κ2) is 7.83. The van der Waals surface area contributed by atoms with E-state index in [1.807, 2.05) is 0 Å². The van der Waals surface area contributed by atoms with Gasteiger partial charge in [0.25, 0.3) is 0 Å². The summed E-state index contributed by atoms with van der Waals surface area (Å²) in [4.78, 5) is 16.1. The Hall–Kier alpha value is -3.03. The van der Waals surface area contributed by atoms with Crippen molar-refractivity contribution in [2.24, 2.45) is 11.3 Å². The number of aromatic carboxylic acids is 1. The van der Waals surface area contributed by atoms with E-state index in [1.54, 1.807) is 12.1 Å². The minimum atomic E-state index is -4.40. The van der Waals surface area contributed by atoms with Crippen LogP contribution in [0.3, 0.4) is 0 Å². The zero-order valence-electron chi connectivity index (χ0n) is 18.2. The Labute approximate surface area is 184 Å². The number of imidazole rings is 1. The maximum absolute atomic E-state index is 12.9. The molecule has 0 spiro atoms. The largest absolute Gasteiger partial charge is 0.478 e. The number of fused-ring (bicyclic) bond motifs is 1. The number of hydrogen-bond donors (Lipinski definition) is 2. The van der Waals surface area contributed by atoms with Gasteiger partial charge in [0.15, 0.2) is 0 Å². The van der Waals surface area contributed by atoms with Crippen molar-refractivity contribution >= 4 is 28.6 Å². The second-order valence-corrected chi connectivity index (χ2v) is 9.58. The lowest BCUT2D eigenvalue weighted by molar-refractivity contribution is -0.137. The van der Waals surface area contributed by atoms with Gasteiger partial charge in [-0.2, -0.15) is 13.2 Å². The standard InChI is InChI=1S/C24H26F3N3O2/c1-14-10-18(13-23(2,3)12-14)30-20-9-4-15(21(31)32)11-19(20)29-22(30)28-17-7-5-16(6-8-17)24(25,26)27/h4-9,11,14,18H,10,12-13H2,1-3H3,(H,28,29)(H,31,32)/t14-,18+/m1/s1. The molecule has 1 heterocycles. The molecular weight excluding hydrogens is 419 g/mol. The summed E-state index contributed by atoms with van der Waals surface area (Å²) in [7, 11) is 0. The molecule has 0 saturated heterocycles. The number of carbonyl (C=O) groups is 1. The Bertz CT molecular complexity index is 1150. The number of alkyl halides is 3. The van der Waals surface area contributed by atoms with E-state index in [1.165, 1.54) is 18.2 Å². The van der Waals surface area contributed by atoms with Gasteiger partial charge in [-0.1, -0.05) is 20.8 Å². The highest BCUT2D eigenvalue weighted by molar-refractivity contribution is 5.93. The number of nitrogens with zero attached hydrogens (tertiary/aromatic N) is 2. The van der Waals surface area contributed by atoms with E-state index in [0.717, 1.165) is 36.9 Å². The minimum Gasteiger partial charge on any atom is -0.478 e. The molecule has 0 bridgehead atoms. The van der Waals surface area contributed by atoms with E-state index >= 15 is 0 Å². The average Bonchev–Trinajstić information content (AvgIpc) is 3.03. The van der Waals surface area contributed by atoms with Crippen LogP contribution in [-0.4, -0.2) is 20.6 Å². The number of halogens is 3. The molecule has 2 atom stereocenters. The molecule has 0 radical (unpaired) electrons. The predicted octanol–water partition coefficient (Wildman–Crippen LogP) is 6.88. The van der Waals surface area contributed by atoms with E-state index < -0.39 is 17.7 Å². The van der Waals surface area contributed by atoms with E-state index in [2.05, 4.69) is 35.6 Å². The summed E-state index contributed by atoms with van der Waals surface area (Å²) < 4.78 is 40.8. The Morgan fingerprint density at radius 2 is 1.84 bits per heavy atom. The SMILES string of the molecule is C[C@@H]1C[C@H](n2c(Nc3ccc(C(F)(F)F)cc3)nc3cc(C(=O)O)ccc32)CC(C)(C)C1.